The van der Waals surface area contributed by atoms with Crippen molar-refractivity contribution in [2.75, 3.05) is 11.1 Å². The molecule has 0 spiro atoms. The molecule has 1 aromatic heterocycles. The Labute approximate surface area is 153 Å². The van der Waals surface area contributed by atoms with Gasteiger partial charge < -0.3 is 5.32 Å². The lowest BCUT2D eigenvalue weighted by Gasteiger charge is -2.08. The van der Waals surface area contributed by atoms with E-state index in [0.717, 1.165) is 11.5 Å². The maximum absolute atomic E-state index is 13.1. The van der Waals surface area contributed by atoms with E-state index in [1.807, 2.05) is 41.8 Å². The SMILES string of the molecule is Cc1nnc(SCC(=O)Nc2ccc(F)c(Cl)c2)n1-c1ccccc1. The number of halogens is 2. The van der Waals surface area contributed by atoms with Gasteiger partial charge in [0.1, 0.15) is 11.6 Å². The summed E-state index contributed by atoms with van der Waals surface area (Å²) in [5, 5.41) is 11.5. The van der Waals surface area contributed by atoms with Crippen molar-refractivity contribution in [1.29, 1.82) is 0 Å². The van der Waals surface area contributed by atoms with Crippen LogP contribution in [0.4, 0.5) is 10.1 Å². The number of thioether (sulfide) groups is 1. The third-order valence-electron chi connectivity index (χ3n) is 3.35. The van der Waals surface area contributed by atoms with Crippen LogP contribution in [0.25, 0.3) is 5.69 Å². The summed E-state index contributed by atoms with van der Waals surface area (Å²) in [6, 6.07) is 13.7. The van der Waals surface area contributed by atoms with E-state index in [1.165, 1.54) is 30.0 Å². The number of nitrogens with zero attached hydrogens (tertiary/aromatic N) is 3. The lowest BCUT2D eigenvalue weighted by Crippen LogP contribution is -2.14. The monoisotopic (exact) mass is 376 g/mol. The van der Waals surface area contributed by atoms with Crippen molar-refractivity contribution in [1.82, 2.24) is 14.8 Å². The van der Waals surface area contributed by atoms with Gasteiger partial charge in [-0.15, -0.1) is 10.2 Å². The van der Waals surface area contributed by atoms with Crippen molar-refractivity contribution in [3.8, 4) is 5.69 Å². The minimum atomic E-state index is -0.527. The Morgan fingerprint density at radius 1 is 1.24 bits per heavy atom. The quantitative estimate of drug-likeness (QED) is 0.681. The van der Waals surface area contributed by atoms with E-state index in [0.29, 0.717) is 10.8 Å². The van der Waals surface area contributed by atoms with Crippen LogP contribution in [0, 0.1) is 12.7 Å². The molecule has 1 N–H and O–H groups in total. The highest BCUT2D eigenvalue weighted by Crippen LogP contribution is 2.23. The summed E-state index contributed by atoms with van der Waals surface area (Å²) < 4.78 is 15.0. The summed E-state index contributed by atoms with van der Waals surface area (Å²) in [6.45, 7) is 1.85. The number of amides is 1. The van der Waals surface area contributed by atoms with Crippen molar-refractivity contribution in [3.63, 3.8) is 0 Å². The molecule has 3 rings (SSSR count). The fourth-order valence-electron chi connectivity index (χ4n) is 2.21. The summed E-state index contributed by atoms with van der Waals surface area (Å²) in [5.74, 6) is 0.104. The zero-order valence-corrected chi connectivity index (χ0v) is 14.8. The van der Waals surface area contributed by atoms with Gasteiger partial charge in [-0.1, -0.05) is 41.6 Å². The highest BCUT2D eigenvalue weighted by atomic mass is 35.5. The number of benzene rings is 2. The van der Waals surface area contributed by atoms with Gasteiger partial charge in [0, 0.05) is 11.4 Å². The second-order valence-corrected chi connectivity index (χ2v) is 6.52. The van der Waals surface area contributed by atoms with E-state index in [1.54, 1.807) is 0 Å². The van der Waals surface area contributed by atoms with Gasteiger partial charge in [0.05, 0.1) is 10.8 Å². The molecule has 128 valence electrons. The highest BCUT2D eigenvalue weighted by molar-refractivity contribution is 7.99. The summed E-state index contributed by atoms with van der Waals surface area (Å²) in [5.41, 5.74) is 1.37. The second-order valence-electron chi connectivity index (χ2n) is 5.17. The molecule has 0 bridgehead atoms. The number of hydrogen-bond donors (Lipinski definition) is 1. The molecule has 0 unspecified atom stereocenters. The normalized spacial score (nSPS) is 10.7. The molecular formula is C17H14ClFN4OS. The maximum atomic E-state index is 13.1. The summed E-state index contributed by atoms with van der Waals surface area (Å²) in [6.07, 6.45) is 0. The maximum Gasteiger partial charge on any atom is 0.234 e. The number of hydrogen-bond acceptors (Lipinski definition) is 4. The zero-order valence-electron chi connectivity index (χ0n) is 13.2. The Balaban J connectivity index is 1.68. The topological polar surface area (TPSA) is 59.8 Å². The molecule has 3 aromatic rings. The Bertz CT molecular complexity index is 901. The Morgan fingerprint density at radius 3 is 2.72 bits per heavy atom. The Hall–Kier alpha value is -2.38. The van der Waals surface area contributed by atoms with Crippen LogP contribution in [-0.4, -0.2) is 26.4 Å². The summed E-state index contributed by atoms with van der Waals surface area (Å²) in [7, 11) is 0. The van der Waals surface area contributed by atoms with Crippen molar-refractivity contribution in [2.24, 2.45) is 0 Å². The van der Waals surface area contributed by atoms with E-state index < -0.39 is 5.82 Å². The van der Waals surface area contributed by atoms with Gasteiger partial charge >= 0.3 is 0 Å². The van der Waals surface area contributed by atoms with Crippen molar-refractivity contribution in [3.05, 3.63) is 65.2 Å². The van der Waals surface area contributed by atoms with Crippen molar-refractivity contribution >= 4 is 35.0 Å². The van der Waals surface area contributed by atoms with Gasteiger partial charge in [0.2, 0.25) is 5.91 Å². The number of aromatic nitrogens is 3. The zero-order chi connectivity index (χ0) is 17.8. The number of para-hydroxylation sites is 1. The number of carbonyl (C=O) groups excluding carboxylic acids is 1. The number of nitrogens with one attached hydrogen (secondary N) is 1. The Morgan fingerprint density at radius 2 is 2.00 bits per heavy atom. The first kappa shape index (κ1) is 17.4. The van der Waals surface area contributed by atoms with Gasteiger partial charge in [-0.25, -0.2) is 4.39 Å². The van der Waals surface area contributed by atoms with Crippen LogP contribution in [0.5, 0.6) is 0 Å². The third-order valence-corrected chi connectivity index (χ3v) is 4.56. The van der Waals surface area contributed by atoms with E-state index >= 15 is 0 Å². The van der Waals surface area contributed by atoms with Crippen LogP contribution >= 0.6 is 23.4 Å². The van der Waals surface area contributed by atoms with Crippen LogP contribution in [-0.2, 0) is 4.79 Å². The molecule has 0 atom stereocenters. The van der Waals surface area contributed by atoms with Crippen LogP contribution in [0.2, 0.25) is 5.02 Å². The molecule has 5 nitrogen and oxygen atoms in total. The van der Waals surface area contributed by atoms with E-state index in [4.69, 9.17) is 11.6 Å². The molecule has 0 saturated heterocycles. The molecule has 1 amide bonds. The first-order valence-electron chi connectivity index (χ1n) is 7.40. The molecule has 0 aliphatic heterocycles. The van der Waals surface area contributed by atoms with Gasteiger partial charge in [-0.05, 0) is 37.3 Å². The predicted molar refractivity (Wildman–Crippen MR) is 96.9 cm³/mol. The number of anilines is 1. The fraction of sp³-hybridized carbons (Fsp3) is 0.118. The smallest absolute Gasteiger partial charge is 0.234 e. The summed E-state index contributed by atoms with van der Waals surface area (Å²) in [4.78, 5) is 12.1. The van der Waals surface area contributed by atoms with Crippen molar-refractivity contribution in [2.45, 2.75) is 12.1 Å². The lowest BCUT2D eigenvalue weighted by molar-refractivity contribution is -0.113. The summed E-state index contributed by atoms with van der Waals surface area (Å²) >= 11 is 6.98. The number of rotatable bonds is 5. The minimum Gasteiger partial charge on any atom is -0.325 e. The molecule has 8 heteroatoms. The molecule has 2 aromatic carbocycles. The molecule has 0 fully saturated rings. The standard InChI is InChI=1S/C17H14ClFN4OS/c1-11-21-22-17(23(11)13-5-3-2-4-6-13)25-10-16(24)20-12-7-8-15(19)14(18)9-12/h2-9H,10H2,1H3,(H,20,24). The van der Waals surface area contributed by atoms with Crippen LogP contribution in [0.15, 0.2) is 53.7 Å². The molecule has 0 aliphatic carbocycles. The van der Waals surface area contributed by atoms with Gasteiger partial charge in [0.25, 0.3) is 0 Å². The van der Waals surface area contributed by atoms with Crippen LogP contribution in [0.3, 0.4) is 0 Å². The molecular weight excluding hydrogens is 363 g/mol. The fourth-order valence-corrected chi connectivity index (χ4v) is 3.19. The third kappa shape index (κ3) is 4.18. The molecule has 0 aliphatic rings. The molecule has 1 heterocycles. The van der Waals surface area contributed by atoms with Crippen LogP contribution in [0.1, 0.15) is 5.82 Å². The highest BCUT2D eigenvalue weighted by Gasteiger charge is 2.13. The average molecular weight is 377 g/mol. The average Bonchev–Trinajstić information content (AvgIpc) is 2.98. The second kappa shape index (κ2) is 7.67. The predicted octanol–water partition coefficient (Wildman–Crippen LogP) is 4.10. The van der Waals surface area contributed by atoms with Gasteiger partial charge in [-0.2, -0.15) is 0 Å². The largest absolute Gasteiger partial charge is 0.325 e. The first-order valence-corrected chi connectivity index (χ1v) is 8.76. The minimum absolute atomic E-state index is 0.0371. The lowest BCUT2D eigenvalue weighted by atomic mass is 10.3. The van der Waals surface area contributed by atoms with Gasteiger partial charge in [0.15, 0.2) is 5.16 Å². The van der Waals surface area contributed by atoms with Crippen molar-refractivity contribution < 1.29 is 9.18 Å². The molecule has 0 saturated carbocycles. The number of carbonyl (C=O) groups is 1. The molecule has 25 heavy (non-hydrogen) atoms. The van der Waals surface area contributed by atoms with E-state index in [2.05, 4.69) is 15.5 Å². The Kier molecular flexibility index (Phi) is 5.35. The molecule has 0 radical (unpaired) electrons. The first-order chi connectivity index (χ1) is 12.0. The van der Waals surface area contributed by atoms with E-state index in [9.17, 15) is 9.18 Å². The van der Waals surface area contributed by atoms with E-state index in [-0.39, 0.29) is 16.7 Å². The van der Waals surface area contributed by atoms with Gasteiger partial charge in [-0.3, -0.25) is 9.36 Å². The van der Waals surface area contributed by atoms with Crippen LogP contribution < -0.4 is 5.32 Å². The number of aryl methyl sites for hydroxylation is 1.